The third-order valence-electron chi connectivity index (χ3n) is 6.65. The van der Waals surface area contributed by atoms with Crippen molar-refractivity contribution < 1.29 is 33.0 Å². The fraction of sp³-hybridized carbons (Fsp3) is 0.273. The summed E-state index contributed by atoms with van der Waals surface area (Å²) in [6, 6.07) is 21.8. The van der Waals surface area contributed by atoms with Crippen molar-refractivity contribution in [3.8, 4) is 5.75 Å². The van der Waals surface area contributed by atoms with Gasteiger partial charge in [0.15, 0.2) is 0 Å². The van der Waals surface area contributed by atoms with Gasteiger partial charge in [0, 0.05) is 23.4 Å². The predicted molar refractivity (Wildman–Crippen MR) is 156 cm³/mol. The summed E-state index contributed by atoms with van der Waals surface area (Å²) in [6.45, 7) is 3.92. The average molecular weight is 572 g/mol. The van der Waals surface area contributed by atoms with Gasteiger partial charge in [-0.2, -0.15) is 0 Å². The molecule has 0 saturated carbocycles. The number of alkyl carbamates (subject to hydrolysis) is 1. The van der Waals surface area contributed by atoms with Crippen LogP contribution in [0.2, 0.25) is 0 Å². The standard InChI is InChI=1S/C33H33NO8/c1-3-10-27-22(2)26-16-15-25(19-29(26)42-31(27)36)41-32(37)28(34-33(38)40-21-24-13-8-5-9-14-24)17-18-30(35)39-20-23-11-6-4-7-12-23/h4-9,11-16,19,28H,3,10,17-18,20-21H2,1-2H3,(H,34,38)/t28-/m1/s1. The molecule has 0 unspecified atom stereocenters. The van der Waals surface area contributed by atoms with Gasteiger partial charge in [0.1, 0.15) is 30.6 Å². The molecule has 1 N–H and O–H groups in total. The summed E-state index contributed by atoms with van der Waals surface area (Å²) in [4.78, 5) is 50.7. The van der Waals surface area contributed by atoms with Crippen molar-refractivity contribution in [2.24, 2.45) is 0 Å². The summed E-state index contributed by atoms with van der Waals surface area (Å²) in [7, 11) is 0. The van der Waals surface area contributed by atoms with Crippen LogP contribution in [-0.2, 0) is 38.7 Å². The van der Waals surface area contributed by atoms with Crippen LogP contribution < -0.4 is 15.7 Å². The SMILES string of the molecule is CCCc1c(C)c2ccc(OC(=O)[C@@H](CCC(=O)OCc3ccccc3)NC(=O)OCc3ccccc3)cc2oc1=O. The fourth-order valence-corrected chi connectivity index (χ4v) is 4.39. The number of hydrogen-bond acceptors (Lipinski definition) is 8. The van der Waals surface area contributed by atoms with Crippen molar-refractivity contribution in [3.63, 3.8) is 0 Å². The molecule has 0 fully saturated rings. The fourth-order valence-electron chi connectivity index (χ4n) is 4.39. The number of esters is 2. The minimum Gasteiger partial charge on any atom is -0.461 e. The molecule has 0 aliphatic heterocycles. The van der Waals surface area contributed by atoms with Gasteiger partial charge in [-0.25, -0.2) is 14.4 Å². The summed E-state index contributed by atoms with van der Waals surface area (Å²) in [5.74, 6) is -1.24. The number of benzene rings is 3. The van der Waals surface area contributed by atoms with Crippen LogP contribution in [0.3, 0.4) is 0 Å². The van der Waals surface area contributed by atoms with E-state index in [-0.39, 0.29) is 37.4 Å². The monoisotopic (exact) mass is 571 g/mol. The second-order valence-electron chi connectivity index (χ2n) is 9.77. The van der Waals surface area contributed by atoms with E-state index in [4.69, 9.17) is 18.6 Å². The topological polar surface area (TPSA) is 121 Å². The molecule has 1 amide bonds. The van der Waals surface area contributed by atoms with E-state index in [1.54, 1.807) is 24.3 Å². The number of rotatable bonds is 12. The summed E-state index contributed by atoms with van der Waals surface area (Å²) >= 11 is 0. The van der Waals surface area contributed by atoms with E-state index in [2.05, 4.69) is 5.32 Å². The molecule has 1 heterocycles. The molecular weight excluding hydrogens is 538 g/mol. The Hall–Kier alpha value is -4.92. The normalized spacial score (nSPS) is 11.5. The van der Waals surface area contributed by atoms with Crippen molar-refractivity contribution in [1.29, 1.82) is 0 Å². The number of carbonyl (C=O) groups is 3. The summed E-state index contributed by atoms with van der Waals surface area (Å²) in [5, 5.41) is 3.23. The maximum atomic E-state index is 13.2. The molecule has 4 aromatic rings. The highest BCUT2D eigenvalue weighted by Gasteiger charge is 2.25. The predicted octanol–water partition coefficient (Wildman–Crippen LogP) is 5.78. The third kappa shape index (κ3) is 8.30. The number of amides is 1. The molecule has 4 rings (SSSR count). The van der Waals surface area contributed by atoms with Crippen LogP contribution in [0, 0.1) is 6.92 Å². The molecule has 1 aromatic heterocycles. The molecule has 3 aromatic carbocycles. The van der Waals surface area contributed by atoms with Gasteiger partial charge in [0.2, 0.25) is 0 Å². The van der Waals surface area contributed by atoms with Gasteiger partial charge in [0.25, 0.3) is 0 Å². The van der Waals surface area contributed by atoms with Crippen molar-refractivity contribution in [2.45, 2.75) is 58.8 Å². The van der Waals surface area contributed by atoms with Gasteiger partial charge in [-0.05, 0) is 48.6 Å². The van der Waals surface area contributed by atoms with E-state index in [1.165, 1.54) is 6.07 Å². The van der Waals surface area contributed by atoms with E-state index in [9.17, 15) is 19.2 Å². The van der Waals surface area contributed by atoms with Gasteiger partial charge in [-0.3, -0.25) is 4.79 Å². The molecule has 0 spiro atoms. The Balaban J connectivity index is 1.44. The Labute approximate surface area is 243 Å². The number of nitrogens with one attached hydrogen (secondary N) is 1. The van der Waals surface area contributed by atoms with Gasteiger partial charge in [0.05, 0.1) is 0 Å². The molecule has 0 radical (unpaired) electrons. The van der Waals surface area contributed by atoms with Gasteiger partial charge in [-0.1, -0.05) is 74.0 Å². The molecule has 1 atom stereocenters. The van der Waals surface area contributed by atoms with E-state index in [1.807, 2.05) is 62.4 Å². The second kappa shape index (κ2) is 14.6. The van der Waals surface area contributed by atoms with Gasteiger partial charge < -0.3 is 23.9 Å². The minimum absolute atomic E-state index is 0.00334. The smallest absolute Gasteiger partial charge is 0.408 e. The Morgan fingerprint density at radius 2 is 1.52 bits per heavy atom. The first kappa shape index (κ1) is 30.0. The van der Waals surface area contributed by atoms with Crippen LogP contribution in [0.25, 0.3) is 11.0 Å². The van der Waals surface area contributed by atoms with Crippen LogP contribution in [0.15, 0.2) is 88.1 Å². The molecule has 0 aliphatic rings. The minimum atomic E-state index is -1.21. The van der Waals surface area contributed by atoms with Crippen molar-refractivity contribution >= 4 is 29.0 Å². The van der Waals surface area contributed by atoms with Crippen LogP contribution >= 0.6 is 0 Å². The van der Waals surface area contributed by atoms with Gasteiger partial charge >= 0.3 is 23.7 Å². The first-order valence-corrected chi connectivity index (χ1v) is 13.8. The highest BCUT2D eigenvalue weighted by molar-refractivity contribution is 5.86. The van der Waals surface area contributed by atoms with Crippen LogP contribution in [0.4, 0.5) is 4.79 Å². The molecule has 9 nitrogen and oxygen atoms in total. The van der Waals surface area contributed by atoms with E-state index >= 15 is 0 Å². The number of fused-ring (bicyclic) bond motifs is 1. The largest absolute Gasteiger partial charge is 0.461 e. The molecule has 9 heteroatoms. The number of carbonyl (C=O) groups excluding carboxylic acids is 3. The highest BCUT2D eigenvalue weighted by Crippen LogP contribution is 2.25. The zero-order valence-corrected chi connectivity index (χ0v) is 23.6. The van der Waals surface area contributed by atoms with E-state index in [0.717, 1.165) is 28.5 Å². The summed E-state index contributed by atoms with van der Waals surface area (Å²) in [5.41, 5.74) is 2.87. The average Bonchev–Trinajstić information content (AvgIpc) is 3.00. The molecule has 42 heavy (non-hydrogen) atoms. The molecule has 0 bridgehead atoms. The number of ether oxygens (including phenoxy) is 3. The molecule has 218 valence electrons. The van der Waals surface area contributed by atoms with E-state index < -0.39 is 29.7 Å². The number of hydrogen-bond donors (Lipinski definition) is 1. The first-order valence-electron chi connectivity index (χ1n) is 13.8. The maximum Gasteiger partial charge on any atom is 0.408 e. The Kier molecular flexibility index (Phi) is 10.5. The maximum absolute atomic E-state index is 13.2. The number of aryl methyl sites for hydroxylation is 1. The second-order valence-corrected chi connectivity index (χ2v) is 9.77. The lowest BCUT2D eigenvalue weighted by Crippen LogP contribution is -2.43. The van der Waals surface area contributed by atoms with Gasteiger partial charge in [-0.15, -0.1) is 0 Å². The Bertz CT molecular complexity index is 1580. The Morgan fingerprint density at radius 1 is 0.881 bits per heavy atom. The zero-order valence-electron chi connectivity index (χ0n) is 23.6. The van der Waals surface area contributed by atoms with Crippen molar-refractivity contribution in [1.82, 2.24) is 5.32 Å². The lowest BCUT2D eigenvalue weighted by molar-refractivity contribution is -0.145. The lowest BCUT2D eigenvalue weighted by Gasteiger charge is -2.17. The van der Waals surface area contributed by atoms with Crippen LogP contribution in [0.1, 0.15) is 48.4 Å². The lowest BCUT2D eigenvalue weighted by atomic mass is 10.0. The van der Waals surface area contributed by atoms with Crippen LogP contribution in [0.5, 0.6) is 5.75 Å². The highest BCUT2D eigenvalue weighted by atomic mass is 16.6. The molecule has 0 saturated heterocycles. The zero-order chi connectivity index (χ0) is 29.9. The van der Waals surface area contributed by atoms with E-state index in [0.29, 0.717) is 12.0 Å². The first-order chi connectivity index (χ1) is 20.3. The van der Waals surface area contributed by atoms with Crippen molar-refractivity contribution in [2.75, 3.05) is 0 Å². The van der Waals surface area contributed by atoms with Crippen molar-refractivity contribution in [3.05, 3.63) is 112 Å². The summed E-state index contributed by atoms with van der Waals surface area (Å²) < 4.78 is 21.6. The Morgan fingerprint density at radius 3 is 2.17 bits per heavy atom. The molecular formula is C33H33NO8. The summed E-state index contributed by atoms with van der Waals surface area (Å²) in [6.07, 6.45) is 0.311. The third-order valence-corrected chi connectivity index (χ3v) is 6.65. The molecule has 0 aliphatic carbocycles. The quantitative estimate of drug-likeness (QED) is 0.129. The van der Waals surface area contributed by atoms with Crippen LogP contribution in [-0.4, -0.2) is 24.1 Å².